The normalized spacial score (nSPS) is 14.4. The lowest BCUT2D eigenvalue weighted by Crippen LogP contribution is -3.10. The molecule has 0 aliphatic carbocycles. The lowest BCUT2D eigenvalue weighted by molar-refractivity contribution is -0.914. The number of allylic oxidation sites excluding steroid dienone is 1. The van der Waals surface area contributed by atoms with E-state index >= 15 is 0 Å². The molecule has 3 rings (SSSR count). The number of ether oxygens (including phenoxy) is 2. The Morgan fingerprint density at radius 3 is 2.55 bits per heavy atom. The van der Waals surface area contributed by atoms with Gasteiger partial charge in [-0.25, -0.2) is 0 Å². The zero-order chi connectivity index (χ0) is 21.0. The number of halogens is 1. The maximum absolute atomic E-state index is 12.9. The van der Waals surface area contributed by atoms with Crippen LogP contribution in [0.5, 0.6) is 17.2 Å². The van der Waals surface area contributed by atoms with Crippen molar-refractivity contribution in [2.75, 3.05) is 20.2 Å². The van der Waals surface area contributed by atoms with Crippen LogP contribution in [0, 0.1) is 0 Å². The Balaban J connectivity index is 1.97. The van der Waals surface area contributed by atoms with Gasteiger partial charge < -0.3 is 19.5 Å². The first-order valence-corrected chi connectivity index (χ1v) is 10.7. The topological polar surface area (TPSA) is 63.0 Å². The summed E-state index contributed by atoms with van der Waals surface area (Å²) < 4.78 is 12.2. The first-order valence-electron chi connectivity index (χ1n) is 9.92. The molecule has 0 saturated heterocycles. The van der Waals surface area contributed by atoms with Gasteiger partial charge in [0.2, 0.25) is 5.78 Å². The van der Waals surface area contributed by atoms with Crippen molar-refractivity contribution in [2.45, 2.75) is 33.2 Å². The van der Waals surface area contributed by atoms with Crippen molar-refractivity contribution in [3.63, 3.8) is 0 Å². The smallest absolute Gasteiger partial charge is 0.231 e. The van der Waals surface area contributed by atoms with Gasteiger partial charge in [0.25, 0.3) is 0 Å². The van der Waals surface area contributed by atoms with E-state index in [1.165, 1.54) is 11.0 Å². The molecule has 2 aromatic carbocycles. The Labute approximate surface area is 180 Å². The van der Waals surface area contributed by atoms with E-state index in [1.807, 2.05) is 18.2 Å². The number of fused-ring (bicyclic) bond motifs is 1. The third-order valence-electron chi connectivity index (χ3n) is 5.01. The molecule has 0 spiro atoms. The molecule has 0 unspecified atom stereocenters. The molecule has 0 atom stereocenters. The van der Waals surface area contributed by atoms with Crippen LogP contribution in [0.15, 0.2) is 40.6 Å². The number of benzene rings is 2. The van der Waals surface area contributed by atoms with Gasteiger partial charge in [0, 0.05) is 15.6 Å². The van der Waals surface area contributed by atoms with Gasteiger partial charge in [-0.1, -0.05) is 41.6 Å². The van der Waals surface area contributed by atoms with E-state index in [-0.39, 0.29) is 17.3 Å². The number of rotatable bonds is 8. The van der Waals surface area contributed by atoms with Crippen LogP contribution >= 0.6 is 15.9 Å². The van der Waals surface area contributed by atoms with Crippen LogP contribution in [0.4, 0.5) is 0 Å². The second kappa shape index (κ2) is 9.46. The summed E-state index contributed by atoms with van der Waals surface area (Å²) in [6.07, 6.45) is 3.74. The van der Waals surface area contributed by atoms with E-state index < -0.39 is 0 Å². The molecule has 0 saturated carbocycles. The van der Waals surface area contributed by atoms with Crippen LogP contribution in [0.3, 0.4) is 0 Å². The van der Waals surface area contributed by atoms with Gasteiger partial charge in [-0.2, -0.15) is 0 Å². The fourth-order valence-electron chi connectivity index (χ4n) is 3.67. The van der Waals surface area contributed by atoms with E-state index in [0.717, 1.165) is 36.0 Å². The number of hydrogen-bond donors (Lipinski definition) is 1. The van der Waals surface area contributed by atoms with Crippen molar-refractivity contribution < 1.29 is 24.3 Å². The van der Waals surface area contributed by atoms with Crippen molar-refractivity contribution in [1.29, 1.82) is 0 Å². The molecular weight excluding hydrogens is 434 g/mol. The van der Waals surface area contributed by atoms with Gasteiger partial charge in [-0.3, -0.25) is 4.79 Å². The lowest BCUT2D eigenvalue weighted by atomic mass is 10.0. The largest absolute Gasteiger partial charge is 0.872 e. The molecule has 1 aliphatic heterocycles. The number of nitrogens with one attached hydrogen (secondary N) is 1. The van der Waals surface area contributed by atoms with Crippen LogP contribution in [-0.2, 0) is 6.54 Å². The summed E-state index contributed by atoms with van der Waals surface area (Å²) in [7, 11) is 1.58. The van der Waals surface area contributed by atoms with Crippen molar-refractivity contribution in [2.24, 2.45) is 0 Å². The molecule has 0 radical (unpaired) electrons. The van der Waals surface area contributed by atoms with Crippen molar-refractivity contribution >= 4 is 27.8 Å². The second-order valence-corrected chi connectivity index (χ2v) is 8.09. The number of quaternary nitrogens is 1. The Kier molecular flexibility index (Phi) is 6.98. The van der Waals surface area contributed by atoms with Crippen LogP contribution in [0.1, 0.15) is 48.2 Å². The maximum Gasteiger partial charge on any atom is 0.231 e. The van der Waals surface area contributed by atoms with Crippen molar-refractivity contribution in [3.05, 3.63) is 57.3 Å². The fourth-order valence-corrected chi connectivity index (χ4v) is 4.05. The third kappa shape index (κ3) is 4.65. The number of carbonyl (C=O) groups is 1. The average Bonchev–Trinajstić information content (AvgIpc) is 3.00. The zero-order valence-electron chi connectivity index (χ0n) is 17.0. The van der Waals surface area contributed by atoms with Gasteiger partial charge in [-0.05, 0) is 43.2 Å². The van der Waals surface area contributed by atoms with E-state index in [2.05, 4.69) is 29.8 Å². The molecule has 2 aromatic rings. The summed E-state index contributed by atoms with van der Waals surface area (Å²) in [5.41, 5.74) is 1.76. The summed E-state index contributed by atoms with van der Waals surface area (Å²) in [5.74, 6) is 0.959. The average molecular weight is 460 g/mol. The number of ketones is 1. The minimum absolute atomic E-state index is 0.0810. The molecule has 5 nitrogen and oxygen atoms in total. The fraction of sp³-hybridized carbons (Fsp3) is 0.348. The molecule has 29 heavy (non-hydrogen) atoms. The second-order valence-electron chi connectivity index (χ2n) is 7.17. The minimum atomic E-state index is -0.212. The lowest BCUT2D eigenvalue weighted by Gasteiger charge is -2.23. The Hall–Kier alpha value is -2.31. The van der Waals surface area contributed by atoms with E-state index in [0.29, 0.717) is 29.2 Å². The summed E-state index contributed by atoms with van der Waals surface area (Å²) in [6.45, 7) is 6.78. The van der Waals surface area contributed by atoms with Gasteiger partial charge in [-0.15, -0.1) is 0 Å². The van der Waals surface area contributed by atoms with E-state index in [1.54, 1.807) is 19.3 Å². The molecule has 0 fully saturated rings. The summed E-state index contributed by atoms with van der Waals surface area (Å²) in [6, 6.07) is 8.60. The molecule has 154 valence electrons. The summed E-state index contributed by atoms with van der Waals surface area (Å²) >= 11 is 3.44. The highest BCUT2D eigenvalue weighted by atomic mass is 79.9. The highest BCUT2D eigenvalue weighted by Crippen LogP contribution is 2.39. The predicted molar refractivity (Wildman–Crippen MR) is 115 cm³/mol. The highest BCUT2D eigenvalue weighted by molar-refractivity contribution is 9.10. The van der Waals surface area contributed by atoms with E-state index in [4.69, 9.17) is 9.47 Å². The Bertz CT molecular complexity index is 933. The van der Waals surface area contributed by atoms with Crippen LogP contribution in [-0.4, -0.2) is 26.0 Å². The van der Waals surface area contributed by atoms with Gasteiger partial charge in [0.15, 0.2) is 5.76 Å². The molecule has 6 heteroatoms. The molecule has 0 bridgehead atoms. The molecule has 1 aliphatic rings. The van der Waals surface area contributed by atoms with Crippen LogP contribution in [0.25, 0.3) is 6.08 Å². The van der Waals surface area contributed by atoms with E-state index in [9.17, 15) is 9.90 Å². The maximum atomic E-state index is 12.9. The molecule has 1 N–H and O–H groups in total. The molecule has 1 heterocycles. The van der Waals surface area contributed by atoms with Gasteiger partial charge in [0.1, 0.15) is 18.0 Å². The van der Waals surface area contributed by atoms with Crippen LogP contribution < -0.4 is 19.5 Å². The Morgan fingerprint density at radius 1 is 1.17 bits per heavy atom. The number of methoxy groups -OCH3 is 1. The van der Waals surface area contributed by atoms with Crippen LogP contribution in [0.2, 0.25) is 0 Å². The SMILES string of the molecule is CCC[NH+](CCC)Cc1c([O-])ccc2c1O/C(=C\c1cc(Br)ccc1OC)C2=O. The van der Waals surface area contributed by atoms with Gasteiger partial charge >= 0.3 is 0 Å². The molecule has 0 amide bonds. The van der Waals surface area contributed by atoms with Gasteiger partial charge in [0.05, 0.1) is 25.8 Å². The Morgan fingerprint density at radius 2 is 1.90 bits per heavy atom. The summed E-state index contributed by atoms with van der Waals surface area (Å²) in [4.78, 5) is 14.3. The first-order chi connectivity index (χ1) is 14.0. The molecule has 0 aromatic heterocycles. The third-order valence-corrected chi connectivity index (χ3v) is 5.50. The van der Waals surface area contributed by atoms with Crippen molar-refractivity contribution in [1.82, 2.24) is 0 Å². The predicted octanol–water partition coefficient (Wildman–Crippen LogP) is 3.35. The monoisotopic (exact) mass is 459 g/mol. The quantitative estimate of drug-likeness (QED) is 0.614. The minimum Gasteiger partial charge on any atom is -0.872 e. The standard InChI is InChI=1S/C23H26BrNO4/c1-4-10-25(11-5-2)14-18-19(26)8-7-17-22(27)21(29-23(17)18)13-15-12-16(24)6-9-20(15)28-3/h6-9,12-13,26H,4-5,10-11,14H2,1-3H3/b21-13-. The zero-order valence-corrected chi connectivity index (χ0v) is 18.6. The molecular formula is C23H26BrNO4. The number of carbonyl (C=O) groups excluding carboxylic acids is 1. The first kappa shape index (κ1) is 21.4. The number of Topliss-reactive ketones (excluding diaryl/α,β-unsaturated/α-hetero) is 1. The summed E-state index contributed by atoms with van der Waals surface area (Å²) in [5, 5.41) is 12.6. The number of hydrogen-bond acceptors (Lipinski definition) is 4. The van der Waals surface area contributed by atoms with Crippen molar-refractivity contribution in [3.8, 4) is 17.2 Å². The highest BCUT2D eigenvalue weighted by Gasteiger charge is 2.31.